The van der Waals surface area contributed by atoms with Gasteiger partial charge in [-0.15, -0.1) is 0 Å². The number of ether oxygens (including phenoxy) is 2. The molecule has 0 fully saturated rings. The minimum atomic E-state index is -0.529. The van der Waals surface area contributed by atoms with E-state index in [0.717, 1.165) is 10.0 Å². The average Bonchev–Trinajstić information content (AvgIpc) is 2.60. The highest BCUT2D eigenvalue weighted by Crippen LogP contribution is 2.34. The van der Waals surface area contributed by atoms with Crippen molar-refractivity contribution in [3.63, 3.8) is 0 Å². The third-order valence-corrected chi connectivity index (χ3v) is 4.27. The van der Waals surface area contributed by atoms with Gasteiger partial charge in [-0.2, -0.15) is 0 Å². The van der Waals surface area contributed by atoms with E-state index in [1.807, 2.05) is 18.2 Å². The Hall–Kier alpha value is -2.61. The van der Waals surface area contributed by atoms with Gasteiger partial charge in [0, 0.05) is 16.1 Å². The number of amides is 1. The molecule has 0 heterocycles. The number of carbonyl (C=O) groups is 1. The van der Waals surface area contributed by atoms with Crippen LogP contribution in [0.2, 0.25) is 0 Å². The number of hydrogen-bond donors (Lipinski definition) is 1. The number of methoxy groups -OCH3 is 1. The topological polar surface area (TPSA) is 90.7 Å². The van der Waals surface area contributed by atoms with Gasteiger partial charge in [-0.3, -0.25) is 14.9 Å². The Labute approximate surface area is 166 Å². The van der Waals surface area contributed by atoms with Crippen LogP contribution in [0.4, 0.5) is 11.4 Å². The highest BCUT2D eigenvalue weighted by atomic mass is 79.9. The zero-order chi connectivity index (χ0) is 20.2. The molecule has 0 bridgehead atoms. The molecule has 0 radical (unpaired) electrons. The van der Waals surface area contributed by atoms with E-state index in [1.165, 1.54) is 25.3 Å². The summed E-state index contributed by atoms with van der Waals surface area (Å²) in [6.07, 6.45) is 0. The van der Waals surface area contributed by atoms with Crippen molar-refractivity contribution in [3.05, 3.63) is 56.5 Å². The highest BCUT2D eigenvalue weighted by Gasteiger charge is 2.20. The molecule has 7 nitrogen and oxygen atoms in total. The molecule has 144 valence electrons. The Morgan fingerprint density at radius 3 is 2.48 bits per heavy atom. The van der Waals surface area contributed by atoms with E-state index in [1.54, 1.807) is 0 Å². The maximum absolute atomic E-state index is 12.3. The van der Waals surface area contributed by atoms with Crippen LogP contribution < -0.4 is 14.8 Å². The Bertz CT molecular complexity index is 862. The molecule has 1 N–H and O–H groups in total. The third-order valence-electron chi connectivity index (χ3n) is 3.78. The van der Waals surface area contributed by atoms with Crippen molar-refractivity contribution >= 4 is 33.2 Å². The normalized spacial score (nSPS) is 11.0. The summed E-state index contributed by atoms with van der Waals surface area (Å²) in [4.78, 5) is 22.6. The van der Waals surface area contributed by atoms with Gasteiger partial charge < -0.3 is 14.8 Å². The number of hydrogen-bond acceptors (Lipinski definition) is 5. The fraction of sp³-hybridized carbons (Fsp3) is 0.316. The Morgan fingerprint density at radius 2 is 1.89 bits per heavy atom. The van der Waals surface area contributed by atoms with Crippen LogP contribution in [-0.2, 0) is 10.2 Å². The van der Waals surface area contributed by atoms with Crippen molar-refractivity contribution in [2.45, 2.75) is 26.2 Å². The van der Waals surface area contributed by atoms with Crippen molar-refractivity contribution < 1.29 is 19.2 Å². The zero-order valence-corrected chi connectivity index (χ0v) is 17.1. The van der Waals surface area contributed by atoms with Gasteiger partial charge in [-0.25, -0.2) is 0 Å². The van der Waals surface area contributed by atoms with Crippen LogP contribution in [0.1, 0.15) is 26.3 Å². The number of benzene rings is 2. The van der Waals surface area contributed by atoms with Gasteiger partial charge in [0.1, 0.15) is 11.5 Å². The molecule has 0 saturated heterocycles. The quantitative estimate of drug-likeness (QED) is 0.524. The molecule has 0 spiro atoms. The van der Waals surface area contributed by atoms with E-state index in [9.17, 15) is 14.9 Å². The second-order valence-electron chi connectivity index (χ2n) is 6.87. The number of nitro groups is 1. The lowest BCUT2D eigenvalue weighted by Gasteiger charge is -2.23. The molecule has 2 aromatic rings. The van der Waals surface area contributed by atoms with Crippen LogP contribution in [0.5, 0.6) is 11.5 Å². The van der Waals surface area contributed by atoms with Crippen LogP contribution >= 0.6 is 15.9 Å². The number of carbonyl (C=O) groups excluding carboxylic acids is 1. The molecule has 0 atom stereocenters. The first-order chi connectivity index (χ1) is 12.6. The molecule has 2 rings (SSSR count). The largest absolute Gasteiger partial charge is 0.494 e. The summed E-state index contributed by atoms with van der Waals surface area (Å²) in [5, 5.41) is 13.5. The van der Waals surface area contributed by atoms with Crippen molar-refractivity contribution in [1.29, 1.82) is 0 Å². The molecule has 0 aliphatic heterocycles. The average molecular weight is 437 g/mol. The molecule has 0 aliphatic rings. The molecule has 0 aliphatic carbocycles. The summed E-state index contributed by atoms with van der Waals surface area (Å²) in [7, 11) is 1.38. The molecule has 27 heavy (non-hydrogen) atoms. The van der Waals surface area contributed by atoms with E-state index < -0.39 is 10.8 Å². The summed E-state index contributed by atoms with van der Waals surface area (Å²) < 4.78 is 11.7. The van der Waals surface area contributed by atoms with Crippen LogP contribution in [-0.4, -0.2) is 24.5 Å². The van der Waals surface area contributed by atoms with Crippen LogP contribution in [0.15, 0.2) is 40.9 Å². The van der Waals surface area contributed by atoms with E-state index in [4.69, 9.17) is 9.47 Å². The molecular formula is C19H21BrN2O5. The second-order valence-corrected chi connectivity index (χ2v) is 7.78. The number of nitro benzene ring substituents is 1. The summed E-state index contributed by atoms with van der Waals surface area (Å²) in [5.41, 5.74) is 1.03. The first kappa shape index (κ1) is 20.7. The lowest BCUT2D eigenvalue weighted by atomic mass is 9.86. The SMILES string of the molecule is COc1cc([N+](=O)[O-])ccc1NC(=O)COc1ccc(Br)cc1C(C)(C)C. The number of halogens is 1. The molecule has 0 aromatic heterocycles. The lowest BCUT2D eigenvalue weighted by molar-refractivity contribution is -0.384. The van der Waals surface area contributed by atoms with Gasteiger partial charge >= 0.3 is 0 Å². The van der Waals surface area contributed by atoms with E-state index in [0.29, 0.717) is 11.4 Å². The predicted octanol–water partition coefficient (Wildman–Crippen LogP) is 4.68. The third kappa shape index (κ3) is 5.43. The van der Waals surface area contributed by atoms with Gasteiger partial charge in [-0.05, 0) is 29.7 Å². The highest BCUT2D eigenvalue weighted by molar-refractivity contribution is 9.10. The van der Waals surface area contributed by atoms with Gasteiger partial charge in [0.2, 0.25) is 0 Å². The summed E-state index contributed by atoms with van der Waals surface area (Å²) >= 11 is 3.45. The molecule has 8 heteroatoms. The Morgan fingerprint density at radius 1 is 1.19 bits per heavy atom. The van der Waals surface area contributed by atoms with Gasteiger partial charge in [-0.1, -0.05) is 36.7 Å². The summed E-state index contributed by atoms with van der Waals surface area (Å²) in [6.45, 7) is 5.97. The lowest BCUT2D eigenvalue weighted by Crippen LogP contribution is -2.22. The summed E-state index contributed by atoms with van der Waals surface area (Å²) in [6, 6.07) is 9.60. The smallest absolute Gasteiger partial charge is 0.273 e. The van der Waals surface area contributed by atoms with E-state index in [-0.39, 0.29) is 23.5 Å². The molecule has 0 unspecified atom stereocenters. The van der Waals surface area contributed by atoms with Crippen molar-refractivity contribution in [1.82, 2.24) is 0 Å². The predicted molar refractivity (Wildman–Crippen MR) is 107 cm³/mol. The molecule has 0 saturated carbocycles. The van der Waals surface area contributed by atoms with E-state index >= 15 is 0 Å². The van der Waals surface area contributed by atoms with Gasteiger partial charge in [0.25, 0.3) is 11.6 Å². The zero-order valence-electron chi connectivity index (χ0n) is 15.5. The van der Waals surface area contributed by atoms with Crippen molar-refractivity contribution in [2.24, 2.45) is 0 Å². The van der Waals surface area contributed by atoms with Gasteiger partial charge in [0.05, 0.1) is 23.8 Å². The van der Waals surface area contributed by atoms with Crippen LogP contribution in [0, 0.1) is 10.1 Å². The number of anilines is 1. The number of nitrogens with zero attached hydrogens (tertiary/aromatic N) is 1. The number of non-ortho nitro benzene ring substituents is 1. The maximum atomic E-state index is 12.3. The van der Waals surface area contributed by atoms with Gasteiger partial charge in [0.15, 0.2) is 6.61 Å². The monoisotopic (exact) mass is 436 g/mol. The minimum Gasteiger partial charge on any atom is -0.494 e. The Balaban J connectivity index is 2.11. The van der Waals surface area contributed by atoms with Crippen molar-refractivity contribution in [2.75, 3.05) is 19.0 Å². The van der Waals surface area contributed by atoms with Crippen LogP contribution in [0.25, 0.3) is 0 Å². The Kier molecular flexibility index (Phi) is 6.43. The second kappa shape index (κ2) is 8.39. The molecule has 2 aromatic carbocycles. The van der Waals surface area contributed by atoms with Crippen molar-refractivity contribution in [3.8, 4) is 11.5 Å². The first-order valence-electron chi connectivity index (χ1n) is 8.17. The molecule has 1 amide bonds. The standard InChI is InChI=1S/C19H21BrN2O5/c1-19(2,3)14-9-12(20)5-8-16(14)27-11-18(23)21-15-7-6-13(22(24)25)10-17(15)26-4/h5-10H,11H2,1-4H3,(H,21,23). The fourth-order valence-electron chi connectivity index (χ4n) is 2.44. The molecular weight excluding hydrogens is 416 g/mol. The number of rotatable bonds is 6. The summed E-state index contributed by atoms with van der Waals surface area (Å²) in [5.74, 6) is 0.429. The maximum Gasteiger partial charge on any atom is 0.273 e. The first-order valence-corrected chi connectivity index (χ1v) is 8.96. The van der Waals surface area contributed by atoms with Crippen LogP contribution in [0.3, 0.4) is 0 Å². The minimum absolute atomic E-state index is 0.120. The van der Waals surface area contributed by atoms with E-state index in [2.05, 4.69) is 42.0 Å². The fourth-order valence-corrected chi connectivity index (χ4v) is 2.80. The number of nitrogens with one attached hydrogen (secondary N) is 1.